The minimum Gasteiger partial charge on any atom is -0.345 e. The van der Waals surface area contributed by atoms with Gasteiger partial charge in [-0.2, -0.15) is 13.2 Å². The molecule has 2 amide bonds. The summed E-state index contributed by atoms with van der Waals surface area (Å²) in [5, 5.41) is 0. The second-order valence-electron chi connectivity index (χ2n) is 9.06. The number of likely N-dealkylation sites (N-methyl/N-ethyl adjacent to an activating group) is 1. The molecule has 2 aromatic carbocycles. The summed E-state index contributed by atoms with van der Waals surface area (Å²) >= 11 is 0. The molecular formula is C29H34F3N3O2. The Hall–Kier alpha value is -3.55. The molecule has 0 fully saturated rings. The van der Waals surface area contributed by atoms with E-state index in [2.05, 4.69) is 0 Å². The Morgan fingerprint density at radius 3 is 2.27 bits per heavy atom. The third-order valence-electron chi connectivity index (χ3n) is 6.28. The number of halogens is 3. The smallest absolute Gasteiger partial charge is 0.345 e. The quantitative estimate of drug-likeness (QED) is 0.308. The van der Waals surface area contributed by atoms with Crippen LogP contribution in [0.3, 0.4) is 0 Å². The number of amides is 2. The molecule has 0 aliphatic rings. The average Bonchev–Trinajstić information content (AvgIpc) is 3.31. The zero-order chi connectivity index (χ0) is 26.8. The molecular weight excluding hydrogens is 479 g/mol. The van der Waals surface area contributed by atoms with Gasteiger partial charge in [0.05, 0.1) is 25.1 Å². The predicted molar refractivity (Wildman–Crippen MR) is 138 cm³/mol. The number of carbonyl (C=O) groups excluding carboxylic acids is 2. The average molecular weight is 514 g/mol. The topological polar surface area (TPSA) is 45.6 Å². The van der Waals surface area contributed by atoms with Gasteiger partial charge in [0.2, 0.25) is 11.8 Å². The highest BCUT2D eigenvalue weighted by Gasteiger charge is 2.30. The highest BCUT2D eigenvalue weighted by Crippen LogP contribution is 2.29. The first-order valence-electron chi connectivity index (χ1n) is 12.6. The van der Waals surface area contributed by atoms with E-state index in [-0.39, 0.29) is 31.3 Å². The molecule has 0 bridgehead atoms. The summed E-state index contributed by atoms with van der Waals surface area (Å²) in [6, 6.07) is 18.4. The van der Waals surface area contributed by atoms with Gasteiger partial charge < -0.3 is 14.4 Å². The largest absolute Gasteiger partial charge is 0.416 e. The number of hydrogen-bond donors (Lipinski definition) is 0. The monoisotopic (exact) mass is 513 g/mol. The van der Waals surface area contributed by atoms with Gasteiger partial charge in [0.15, 0.2) is 0 Å². The van der Waals surface area contributed by atoms with E-state index in [1.807, 2.05) is 60.9 Å². The van der Waals surface area contributed by atoms with Gasteiger partial charge in [-0.15, -0.1) is 0 Å². The lowest BCUT2D eigenvalue weighted by molar-refractivity contribution is -0.140. The van der Waals surface area contributed by atoms with E-state index in [4.69, 9.17) is 0 Å². The van der Waals surface area contributed by atoms with Crippen molar-refractivity contribution in [2.75, 3.05) is 19.6 Å². The maximum Gasteiger partial charge on any atom is 0.416 e. The van der Waals surface area contributed by atoms with Gasteiger partial charge in [0, 0.05) is 31.5 Å². The van der Waals surface area contributed by atoms with Crippen molar-refractivity contribution in [2.45, 2.75) is 52.4 Å². The Balaban J connectivity index is 1.71. The summed E-state index contributed by atoms with van der Waals surface area (Å²) in [5.74, 6) is -0.256. The molecule has 0 radical (unpaired) electrons. The molecule has 0 aliphatic carbocycles. The van der Waals surface area contributed by atoms with Crippen LogP contribution >= 0.6 is 0 Å². The van der Waals surface area contributed by atoms with E-state index in [0.29, 0.717) is 25.2 Å². The standard InChI is InChI=1S/C29H34F3N3O2/c1-3-5-16-35(28(37)22-33(4-2)27(36)19-23-11-7-6-8-12-23)21-26-15-10-17-34(26)20-24-13-9-14-25(18-24)29(30,31)32/h6-15,17-18H,3-5,16,19-22H2,1-2H3. The fourth-order valence-electron chi connectivity index (χ4n) is 4.15. The Morgan fingerprint density at radius 2 is 1.59 bits per heavy atom. The van der Waals surface area contributed by atoms with Crippen molar-refractivity contribution in [1.82, 2.24) is 14.4 Å². The molecule has 0 aliphatic heterocycles. The molecule has 0 atom stereocenters. The van der Waals surface area contributed by atoms with Crippen LogP contribution in [0.25, 0.3) is 0 Å². The predicted octanol–water partition coefficient (Wildman–Crippen LogP) is 5.78. The van der Waals surface area contributed by atoms with Crippen LogP contribution in [0.2, 0.25) is 0 Å². The van der Waals surface area contributed by atoms with Crippen LogP contribution in [-0.4, -0.2) is 45.8 Å². The highest BCUT2D eigenvalue weighted by atomic mass is 19.4. The fraction of sp³-hybridized carbons (Fsp3) is 0.379. The Kier molecular flexibility index (Phi) is 9.94. The summed E-state index contributed by atoms with van der Waals surface area (Å²) < 4.78 is 41.3. The summed E-state index contributed by atoms with van der Waals surface area (Å²) in [4.78, 5) is 29.5. The van der Waals surface area contributed by atoms with Crippen LogP contribution in [0.15, 0.2) is 72.9 Å². The van der Waals surface area contributed by atoms with Crippen LogP contribution in [0, 0.1) is 0 Å². The highest BCUT2D eigenvalue weighted by molar-refractivity contribution is 5.85. The van der Waals surface area contributed by atoms with Gasteiger partial charge in [0.1, 0.15) is 0 Å². The molecule has 0 saturated carbocycles. The van der Waals surface area contributed by atoms with Gasteiger partial charge in [-0.1, -0.05) is 55.8 Å². The number of alkyl halides is 3. The van der Waals surface area contributed by atoms with E-state index in [1.54, 1.807) is 22.1 Å². The van der Waals surface area contributed by atoms with Gasteiger partial charge >= 0.3 is 6.18 Å². The van der Waals surface area contributed by atoms with Crippen molar-refractivity contribution >= 4 is 11.8 Å². The normalized spacial score (nSPS) is 11.4. The summed E-state index contributed by atoms with van der Waals surface area (Å²) in [6.07, 6.45) is -0.651. The molecule has 198 valence electrons. The fourth-order valence-corrected chi connectivity index (χ4v) is 4.15. The number of aromatic nitrogens is 1. The van der Waals surface area contributed by atoms with Gasteiger partial charge in [-0.25, -0.2) is 0 Å². The molecule has 37 heavy (non-hydrogen) atoms. The number of carbonyl (C=O) groups is 2. The van der Waals surface area contributed by atoms with E-state index < -0.39 is 11.7 Å². The number of rotatable bonds is 12. The minimum atomic E-state index is -4.40. The Morgan fingerprint density at radius 1 is 0.865 bits per heavy atom. The molecule has 8 heteroatoms. The SMILES string of the molecule is CCCCN(Cc1cccn1Cc1cccc(C(F)(F)F)c1)C(=O)CN(CC)C(=O)Cc1ccccc1. The van der Waals surface area contributed by atoms with Gasteiger partial charge in [-0.05, 0) is 48.7 Å². The summed E-state index contributed by atoms with van der Waals surface area (Å²) in [6.45, 7) is 5.42. The molecule has 0 spiro atoms. The van der Waals surface area contributed by atoms with Crippen LogP contribution in [0.5, 0.6) is 0 Å². The molecule has 5 nitrogen and oxygen atoms in total. The molecule has 0 saturated heterocycles. The van der Waals surface area contributed by atoms with Crippen molar-refractivity contribution in [2.24, 2.45) is 0 Å². The molecule has 1 heterocycles. The molecule has 1 aromatic heterocycles. The number of benzene rings is 2. The van der Waals surface area contributed by atoms with Crippen LogP contribution in [-0.2, 0) is 35.3 Å². The third kappa shape index (κ3) is 8.23. The Labute approximate surface area is 216 Å². The third-order valence-corrected chi connectivity index (χ3v) is 6.28. The lowest BCUT2D eigenvalue weighted by Crippen LogP contribution is -2.43. The number of unbranched alkanes of at least 4 members (excludes halogenated alkanes) is 1. The maximum atomic E-state index is 13.3. The van der Waals surface area contributed by atoms with Crippen LogP contribution in [0.4, 0.5) is 13.2 Å². The zero-order valence-corrected chi connectivity index (χ0v) is 21.4. The minimum absolute atomic E-state index is 0.0137. The van der Waals surface area contributed by atoms with E-state index in [0.717, 1.165) is 36.2 Å². The van der Waals surface area contributed by atoms with Gasteiger partial charge in [-0.3, -0.25) is 9.59 Å². The second kappa shape index (κ2) is 13.1. The number of nitrogens with zero attached hydrogens (tertiary/aromatic N) is 3. The molecule has 0 N–H and O–H groups in total. The summed E-state index contributed by atoms with van der Waals surface area (Å²) in [7, 11) is 0. The van der Waals surface area contributed by atoms with Crippen molar-refractivity contribution in [3.63, 3.8) is 0 Å². The first-order valence-corrected chi connectivity index (χ1v) is 12.6. The molecule has 0 unspecified atom stereocenters. The van der Waals surface area contributed by atoms with Gasteiger partial charge in [0.25, 0.3) is 0 Å². The zero-order valence-electron chi connectivity index (χ0n) is 21.4. The lowest BCUT2D eigenvalue weighted by Gasteiger charge is -2.27. The van der Waals surface area contributed by atoms with Crippen molar-refractivity contribution in [3.8, 4) is 0 Å². The van der Waals surface area contributed by atoms with Crippen LogP contribution < -0.4 is 0 Å². The Bertz CT molecular complexity index is 1160. The molecule has 3 rings (SSSR count). The summed E-state index contributed by atoms with van der Waals surface area (Å²) in [5.41, 5.74) is 1.56. The lowest BCUT2D eigenvalue weighted by atomic mass is 10.1. The second-order valence-corrected chi connectivity index (χ2v) is 9.06. The number of hydrogen-bond acceptors (Lipinski definition) is 2. The first kappa shape index (κ1) is 28.0. The maximum absolute atomic E-state index is 13.3. The molecule has 3 aromatic rings. The van der Waals surface area contributed by atoms with E-state index in [9.17, 15) is 22.8 Å². The first-order chi connectivity index (χ1) is 17.7. The van der Waals surface area contributed by atoms with E-state index >= 15 is 0 Å². The van der Waals surface area contributed by atoms with Crippen LogP contribution in [0.1, 0.15) is 49.1 Å². The van der Waals surface area contributed by atoms with E-state index in [1.165, 1.54) is 6.07 Å². The van der Waals surface area contributed by atoms with Crippen molar-refractivity contribution in [1.29, 1.82) is 0 Å². The van der Waals surface area contributed by atoms with Crippen molar-refractivity contribution in [3.05, 3.63) is 95.3 Å². The van der Waals surface area contributed by atoms with Crippen molar-refractivity contribution < 1.29 is 22.8 Å².